The number of rotatable bonds is 15. The van der Waals surface area contributed by atoms with E-state index in [1.165, 1.54) is 0 Å². The summed E-state index contributed by atoms with van der Waals surface area (Å²) in [6, 6.07) is 27.1. The summed E-state index contributed by atoms with van der Waals surface area (Å²) in [7, 11) is 0. The van der Waals surface area contributed by atoms with Gasteiger partial charge in [-0.25, -0.2) is 0 Å². The highest BCUT2D eigenvalue weighted by molar-refractivity contribution is 9.10. The molecule has 5 nitrogen and oxygen atoms in total. The van der Waals surface area contributed by atoms with Gasteiger partial charge in [0.1, 0.15) is 22.8 Å². The van der Waals surface area contributed by atoms with E-state index in [1.54, 1.807) is 18.3 Å². The molecule has 0 aliphatic heterocycles. The highest BCUT2D eigenvalue weighted by Gasteiger charge is 2.45. The molecule has 4 aromatic carbocycles. The zero-order valence-electron chi connectivity index (χ0n) is 31.2. The fourth-order valence-electron chi connectivity index (χ4n) is 5.94. The maximum Gasteiger partial charge on any atom is 0.144 e. The average Bonchev–Trinajstić information content (AvgIpc) is 3.07. The van der Waals surface area contributed by atoms with Crippen LogP contribution in [0.1, 0.15) is 114 Å². The number of nitrogens with zero attached hydrogens (tertiary/aromatic N) is 1. The van der Waals surface area contributed by atoms with Gasteiger partial charge in [-0.2, -0.15) is 0 Å². The number of phenolic OH excluding ortho intramolecular Hbond substituents is 1. The van der Waals surface area contributed by atoms with Crippen LogP contribution in [0.5, 0.6) is 17.2 Å². The minimum absolute atomic E-state index is 0.107. The summed E-state index contributed by atoms with van der Waals surface area (Å²) < 4.78 is 13.9. The Labute approximate surface area is 308 Å². The first kappa shape index (κ1) is 39.2. The number of aliphatic hydroxyl groups is 1. The molecule has 0 radical (unpaired) electrons. The first-order valence-electron chi connectivity index (χ1n) is 18.0. The lowest BCUT2D eigenvalue weighted by molar-refractivity contribution is 0.0460. The summed E-state index contributed by atoms with van der Waals surface area (Å²) >= 11 is 3.55. The van der Waals surface area contributed by atoms with Crippen molar-refractivity contribution in [1.29, 1.82) is 0 Å². The maximum absolute atomic E-state index is 14.0. The van der Waals surface area contributed by atoms with Gasteiger partial charge in [0.25, 0.3) is 0 Å². The van der Waals surface area contributed by atoms with Crippen molar-refractivity contribution in [2.24, 2.45) is 4.99 Å². The molecule has 0 aromatic heterocycles. The molecule has 0 saturated carbocycles. The van der Waals surface area contributed by atoms with Gasteiger partial charge >= 0.3 is 0 Å². The molecule has 268 valence electrons. The van der Waals surface area contributed by atoms with Crippen molar-refractivity contribution in [3.05, 3.63) is 123 Å². The van der Waals surface area contributed by atoms with Crippen LogP contribution in [0.2, 0.25) is 0 Å². The van der Waals surface area contributed by atoms with Crippen molar-refractivity contribution in [3.8, 4) is 17.2 Å². The van der Waals surface area contributed by atoms with Crippen LogP contribution in [0.25, 0.3) is 0 Å². The lowest BCUT2D eigenvalue weighted by Crippen LogP contribution is -2.42. The fourth-order valence-corrected chi connectivity index (χ4v) is 6.32. The fraction of sp³-hybridized carbons (Fsp3) is 0.432. The van der Waals surface area contributed by atoms with Crippen molar-refractivity contribution in [2.75, 3.05) is 13.2 Å². The molecule has 0 amide bonds. The normalized spacial score (nSPS) is 13.1. The number of halogens is 1. The number of phenols is 1. The monoisotopic (exact) mass is 741 g/mol. The Hall–Kier alpha value is -3.61. The number of hydrogen-bond acceptors (Lipinski definition) is 5. The third-order valence-electron chi connectivity index (χ3n) is 9.16. The molecule has 0 unspecified atom stereocenters. The van der Waals surface area contributed by atoms with Crippen LogP contribution in [0.3, 0.4) is 0 Å². The Morgan fingerprint density at radius 1 is 0.720 bits per heavy atom. The molecule has 0 saturated heterocycles. The molecule has 4 aromatic rings. The molecule has 0 aliphatic carbocycles. The minimum Gasteiger partial charge on any atom is -0.507 e. The maximum atomic E-state index is 14.0. The Balaban J connectivity index is 2.14. The second-order valence-electron chi connectivity index (χ2n) is 15.3. The predicted molar refractivity (Wildman–Crippen MR) is 211 cm³/mol. The topological polar surface area (TPSA) is 71.3 Å². The lowest BCUT2D eigenvalue weighted by atomic mass is 9.73. The molecule has 0 fully saturated rings. The van der Waals surface area contributed by atoms with E-state index < -0.39 is 11.6 Å². The molecule has 0 bridgehead atoms. The summed E-state index contributed by atoms with van der Waals surface area (Å²) in [6.07, 6.45) is 5.83. The Morgan fingerprint density at radius 3 is 1.72 bits per heavy atom. The molecule has 0 aliphatic rings. The van der Waals surface area contributed by atoms with Crippen LogP contribution < -0.4 is 9.47 Å². The van der Waals surface area contributed by atoms with Crippen LogP contribution in [-0.2, 0) is 22.9 Å². The molecule has 0 heterocycles. The number of aromatic hydroxyl groups is 1. The highest BCUT2D eigenvalue weighted by Crippen LogP contribution is 2.47. The first-order chi connectivity index (χ1) is 23.7. The van der Waals surface area contributed by atoms with Gasteiger partial charge in [0.05, 0.1) is 19.3 Å². The summed E-state index contributed by atoms with van der Waals surface area (Å²) in [5.74, 6) is 1.34. The van der Waals surface area contributed by atoms with Gasteiger partial charge in [0, 0.05) is 27.4 Å². The van der Waals surface area contributed by atoms with Crippen molar-refractivity contribution >= 4 is 22.1 Å². The number of ether oxygens (including phenoxy) is 2. The third kappa shape index (κ3) is 9.79. The van der Waals surface area contributed by atoms with E-state index >= 15 is 0 Å². The molecular formula is C44H56BrNO4. The lowest BCUT2D eigenvalue weighted by Gasteiger charge is -2.39. The molecular weight excluding hydrogens is 686 g/mol. The third-order valence-corrected chi connectivity index (χ3v) is 9.65. The van der Waals surface area contributed by atoms with Crippen molar-refractivity contribution in [1.82, 2.24) is 0 Å². The summed E-state index contributed by atoms with van der Waals surface area (Å²) in [5, 5.41) is 24.8. The van der Waals surface area contributed by atoms with Gasteiger partial charge in [0.15, 0.2) is 0 Å². The Morgan fingerprint density at radius 2 is 1.24 bits per heavy atom. The van der Waals surface area contributed by atoms with Crippen LogP contribution in [0.15, 0.2) is 94.4 Å². The molecule has 0 spiro atoms. The number of aliphatic imine (C=N–C) groups is 1. The molecule has 50 heavy (non-hydrogen) atoms. The van der Waals surface area contributed by atoms with Crippen molar-refractivity contribution in [2.45, 2.75) is 110 Å². The van der Waals surface area contributed by atoms with Gasteiger partial charge in [-0.05, 0) is 89.2 Å². The van der Waals surface area contributed by atoms with Crippen LogP contribution in [-0.4, -0.2) is 35.7 Å². The predicted octanol–water partition coefficient (Wildman–Crippen LogP) is 11.1. The number of benzene rings is 4. The highest BCUT2D eigenvalue weighted by atomic mass is 79.9. The average molecular weight is 743 g/mol. The van der Waals surface area contributed by atoms with Gasteiger partial charge in [-0.1, -0.05) is 127 Å². The second kappa shape index (κ2) is 17.1. The van der Waals surface area contributed by atoms with Gasteiger partial charge in [-0.15, -0.1) is 0 Å². The van der Waals surface area contributed by atoms with E-state index in [9.17, 15) is 10.2 Å². The Kier molecular flexibility index (Phi) is 13.4. The smallest absolute Gasteiger partial charge is 0.144 e. The quantitative estimate of drug-likeness (QED) is 0.0940. The van der Waals surface area contributed by atoms with E-state index in [-0.39, 0.29) is 16.6 Å². The zero-order chi connectivity index (χ0) is 36.5. The summed E-state index contributed by atoms with van der Waals surface area (Å²) in [5.41, 5.74) is 2.87. The second-order valence-corrected chi connectivity index (χ2v) is 16.2. The largest absolute Gasteiger partial charge is 0.507 e. The standard InChI is InChI=1S/C44H56BrNO4/c1-9-11-24-49-39-22-18-33(42(3,4)5)28-36(39)44(48,37-29-34(43(6,7)8)19-23-40(37)50-25-12-10-2)41(26-31-16-14-13-15-17-31)46-30-32-27-35(45)20-21-38(32)47/h13-23,27-30,41,47-48H,9-12,24-26H2,1-8H3/t41-/m1/s1. The number of unbranched alkanes of at least 4 members (excludes halogenated alkanes) is 2. The van der Waals surface area contributed by atoms with E-state index in [0.29, 0.717) is 47.8 Å². The minimum atomic E-state index is -1.72. The summed E-state index contributed by atoms with van der Waals surface area (Å²) in [6.45, 7) is 18.4. The van der Waals surface area contributed by atoms with Gasteiger partial charge in [-0.3, -0.25) is 4.99 Å². The number of hydrogen-bond donors (Lipinski definition) is 2. The molecule has 4 rings (SSSR count). The molecule has 1 atom stereocenters. The van der Waals surface area contributed by atoms with E-state index in [2.05, 4.69) is 108 Å². The summed E-state index contributed by atoms with van der Waals surface area (Å²) in [4.78, 5) is 5.21. The van der Waals surface area contributed by atoms with Gasteiger partial charge in [0.2, 0.25) is 0 Å². The van der Waals surface area contributed by atoms with Gasteiger partial charge < -0.3 is 19.7 Å². The zero-order valence-corrected chi connectivity index (χ0v) is 32.8. The molecule has 2 N–H and O–H groups in total. The van der Waals surface area contributed by atoms with Crippen LogP contribution in [0, 0.1) is 0 Å². The van der Waals surface area contributed by atoms with Crippen LogP contribution >= 0.6 is 15.9 Å². The van der Waals surface area contributed by atoms with Crippen LogP contribution in [0.4, 0.5) is 0 Å². The van der Waals surface area contributed by atoms with Crippen molar-refractivity contribution < 1.29 is 19.7 Å². The van der Waals surface area contributed by atoms with E-state index in [4.69, 9.17) is 14.5 Å². The SMILES string of the molecule is CCCCOc1ccc(C(C)(C)C)cc1C(O)(c1cc(C(C)(C)C)ccc1OCCCC)[C@@H](Cc1ccccc1)N=Cc1cc(Br)ccc1O. The van der Waals surface area contributed by atoms with Crippen molar-refractivity contribution in [3.63, 3.8) is 0 Å². The van der Waals surface area contributed by atoms with E-state index in [1.807, 2.05) is 36.4 Å². The molecule has 6 heteroatoms. The Bertz CT molecular complexity index is 1650. The first-order valence-corrected chi connectivity index (χ1v) is 18.8. The van der Waals surface area contributed by atoms with E-state index in [0.717, 1.165) is 46.8 Å².